The standard InChI is InChI=1S/C12H16N2O5/c1-12(2,11(16)19-3)10(13)7-4-5-9(15)8(6-7)14(17)18/h4-6,10,15H,13H2,1-3H3/t10-/m0/s1. The molecule has 0 fully saturated rings. The fourth-order valence-electron chi connectivity index (χ4n) is 1.69. The lowest BCUT2D eigenvalue weighted by Gasteiger charge is -2.28. The first-order chi connectivity index (χ1) is 8.71. The van der Waals surface area contributed by atoms with Gasteiger partial charge in [0, 0.05) is 12.1 Å². The van der Waals surface area contributed by atoms with Crippen molar-refractivity contribution < 1.29 is 19.6 Å². The number of nitrogens with two attached hydrogens (primary N) is 1. The third-order valence-corrected chi connectivity index (χ3v) is 3.04. The zero-order chi connectivity index (χ0) is 14.8. The van der Waals surface area contributed by atoms with Crippen LogP contribution in [-0.2, 0) is 9.53 Å². The van der Waals surface area contributed by atoms with Gasteiger partial charge >= 0.3 is 11.7 Å². The highest BCUT2D eigenvalue weighted by Crippen LogP contribution is 2.36. The second-order valence-corrected chi connectivity index (χ2v) is 4.70. The topological polar surface area (TPSA) is 116 Å². The Labute approximate surface area is 110 Å². The molecule has 0 heterocycles. The first kappa shape index (κ1) is 14.9. The van der Waals surface area contributed by atoms with Crippen molar-refractivity contribution in [3.05, 3.63) is 33.9 Å². The number of nitrogens with zero attached hydrogens (tertiary/aromatic N) is 1. The van der Waals surface area contributed by atoms with Gasteiger partial charge in [-0.1, -0.05) is 6.07 Å². The number of phenolic OH excluding ortho intramolecular Hbond substituents is 1. The Morgan fingerprint density at radius 2 is 2.11 bits per heavy atom. The van der Waals surface area contributed by atoms with Crippen molar-refractivity contribution in [1.82, 2.24) is 0 Å². The lowest BCUT2D eigenvalue weighted by molar-refractivity contribution is -0.385. The van der Waals surface area contributed by atoms with E-state index in [0.29, 0.717) is 5.56 Å². The molecule has 0 unspecified atom stereocenters. The molecule has 0 saturated heterocycles. The minimum Gasteiger partial charge on any atom is -0.502 e. The Morgan fingerprint density at radius 3 is 2.58 bits per heavy atom. The number of benzene rings is 1. The van der Waals surface area contributed by atoms with Crippen LogP contribution in [0.5, 0.6) is 5.75 Å². The van der Waals surface area contributed by atoms with Gasteiger partial charge in [-0.3, -0.25) is 14.9 Å². The molecule has 1 rings (SSSR count). The van der Waals surface area contributed by atoms with E-state index in [1.807, 2.05) is 0 Å². The second-order valence-electron chi connectivity index (χ2n) is 4.70. The van der Waals surface area contributed by atoms with Crippen LogP contribution >= 0.6 is 0 Å². The molecule has 1 atom stereocenters. The molecule has 0 saturated carbocycles. The molecule has 0 aliphatic rings. The molecule has 104 valence electrons. The van der Waals surface area contributed by atoms with E-state index in [4.69, 9.17) is 5.73 Å². The number of esters is 1. The van der Waals surface area contributed by atoms with Gasteiger partial charge in [0.2, 0.25) is 0 Å². The number of aromatic hydroxyl groups is 1. The van der Waals surface area contributed by atoms with Crippen molar-refractivity contribution >= 4 is 11.7 Å². The molecular weight excluding hydrogens is 252 g/mol. The van der Waals surface area contributed by atoms with E-state index < -0.39 is 33.8 Å². The van der Waals surface area contributed by atoms with E-state index in [9.17, 15) is 20.0 Å². The molecule has 1 aromatic carbocycles. The molecule has 0 aliphatic heterocycles. The van der Waals surface area contributed by atoms with Crippen LogP contribution in [0.4, 0.5) is 5.69 Å². The summed E-state index contributed by atoms with van der Waals surface area (Å²) in [5.74, 6) is -0.965. The van der Waals surface area contributed by atoms with Crippen molar-refractivity contribution in [1.29, 1.82) is 0 Å². The van der Waals surface area contributed by atoms with Gasteiger partial charge in [0.1, 0.15) is 0 Å². The normalized spacial score (nSPS) is 12.8. The number of nitro groups is 1. The molecular formula is C12H16N2O5. The Kier molecular flexibility index (Phi) is 4.10. The fourth-order valence-corrected chi connectivity index (χ4v) is 1.69. The number of ether oxygens (including phenoxy) is 1. The molecule has 0 aromatic heterocycles. The third kappa shape index (κ3) is 2.82. The summed E-state index contributed by atoms with van der Waals surface area (Å²) >= 11 is 0. The Bertz CT molecular complexity index is 513. The predicted octanol–water partition coefficient (Wildman–Crippen LogP) is 1.50. The monoisotopic (exact) mass is 268 g/mol. The van der Waals surface area contributed by atoms with Crippen LogP contribution in [0.1, 0.15) is 25.5 Å². The van der Waals surface area contributed by atoms with Gasteiger partial charge in [0.15, 0.2) is 5.75 Å². The van der Waals surface area contributed by atoms with Crippen LogP contribution in [0, 0.1) is 15.5 Å². The summed E-state index contributed by atoms with van der Waals surface area (Å²) in [5.41, 5.74) is 4.85. The third-order valence-electron chi connectivity index (χ3n) is 3.04. The van der Waals surface area contributed by atoms with E-state index >= 15 is 0 Å². The Hall–Kier alpha value is -2.15. The molecule has 0 spiro atoms. The van der Waals surface area contributed by atoms with E-state index in [2.05, 4.69) is 4.74 Å². The highest BCUT2D eigenvalue weighted by atomic mass is 16.6. The van der Waals surface area contributed by atoms with Gasteiger partial charge in [-0.15, -0.1) is 0 Å². The number of carbonyl (C=O) groups is 1. The maximum absolute atomic E-state index is 11.6. The van der Waals surface area contributed by atoms with Crippen molar-refractivity contribution in [3.63, 3.8) is 0 Å². The number of methoxy groups -OCH3 is 1. The number of hydrogen-bond donors (Lipinski definition) is 2. The van der Waals surface area contributed by atoms with Crippen LogP contribution in [0.3, 0.4) is 0 Å². The molecule has 0 amide bonds. The summed E-state index contributed by atoms with van der Waals surface area (Å²) in [6, 6.07) is 2.99. The SMILES string of the molecule is COC(=O)C(C)(C)[C@@H](N)c1ccc(O)c([N+](=O)[O-])c1. The summed E-state index contributed by atoms with van der Waals surface area (Å²) in [5, 5.41) is 20.1. The van der Waals surface area contributed by atoms with Crippen molar-refractivity contribution in [2.75, 3.05) is 7.11 Å². The summed E-state index contributed by atoms with van der Waals surface area (Å²) in [7, 11) is 1.25. The van der Waals surface area contributed by atoms with Gasteiger partial charge in [0.05, 0.1) is 17.4 Å². The summed E-state index contributed by atoms with van der Waals surface area (Å²) in [6.45, 7) is 3.17. The predicted molar refractivity (Wildman–Crippen MR) is 67.5 cm³/mol. The van der Waals surface area contributed by atoms with E-state index in [1.165, 1.54) is 19.2 Å². The number of phenols is 1. The van der Waals surface area contributed by atoms with Crippen LogP contribution in [0.15, 0.2) is 18.2 Å². The number of carbonyl (C=O) groups excluding carboxylic acids is 1. The van der Waals surface area contributed by atoms with Gasteiger partial charge in [-0.25, -0.2) is 0 Å². The van der Waals surface area contributed by atoms with E-state index in [-0.39, 0.29) is 0 Å². The molecule has 19 heavy (non-hydrogen) atoms. The molecule has 7 heteroatoms. The van der Waals surface area contributed by atoms with Crippen LogP contribution in [0.2, 0.25) is 0 Å². The van der Waals surface area contributed by atoms with Gasteiger partial charge in [-0.2, -0.15) is 0 Å². The van der Waals surface area contributed by atoms with E-state index in [0.717, 1.165) is 6.07 Å². The second kappa shape index (κ2) is 5.23. The molecule has 3 N–H and O–H groups in total. The van der Waals surface area contributed by atoms with Crippen LogP contribution < -0.4 is 5.73 Å². The minimum absolute atomic E-state index is 0.375. The zero-order valence-electron chi connectivity index (χ0n) is 10.9. The molecule has 0 aliphatic carbocycles. The smallest absolute Gasteiger partial charge is 0.313 e. The Morgan fingerprint density at radius 1 is 1.53 bits per heavy atom. The number of rotatable bonds is 4. The molecule has 0 bridgehead atoms. The van der Waals surface area contributed by atoms with E-state index in [1.54, 1.807) is 13.8 Å². The first-order valence-corrected chi connectivity index (χ1v) is 5.53. The number of nitro benzene ring substituents is 1. The summed E-state index contributed by atoms with van der Waals surface area (Å²) < 4.78 is 4.66. The highest BCUT2D eigenvalue weighted by Gasteiger charge is 2.37. The summed E-state index contributed by atoms with van der Waals surface area (Å²) in [4.78, 5) is 21.7. The van der Waals surface area contributed by atoms with Crippen molar-refractivity contribution in [3.8, 4) is 5.75 Å². The van der Waals surface area contributed by atoms with Gasteiger partial charge < -0.3 is 15.6 Å². The van der Waals surface area contributed by atoms with Crippen LogP contribution in [-0.4, -0.2) is 23.1 Å². The summed E-state index contributed by atoms with van der Waals surface area (Å²) in [6.07, 6.45) is 0. The molecule has 1 aromatic rings. The fraction of sp³-hybridized carbons (Fsp3) is 0.417. The van der Waals surface area contributed by atoms with Crippen LogP contribution in [0.25, 0.3) is 0 Å². The first-order valence-electron chi connectivity index (χ1n) is 5.53. The minimum atomic E-state index is -1.04. The Balaban J connectivity index is 3.20. The quantitative estimate of drug-likeness (QED) is 0.485. The van der Waals surface area contributed by atoms with Gasteiger partial charge in [-0.05, 0) is 25.5 Å². The number of hydrogen-bond acceptors (Lipinski definition) is 6. The average Bonchev–Trinajstić information content (AvgIpc) is 2.36. The van der Waals surface area contributed by atoms with Crippen molar-refractivity contribution in [2.45, 2.75) is 19.9 Å². The largest absolute Gasteiger partial charge is 0.502 e. The maximum atomic E-state index is 11.6. The maximum Gasteiger partial charge on any atom is 0.313 e. The lowest BCUT2D eigenvalue weighted by Crippen LogP contribution is -2.37. The molecule has 0 radical (unpaired) electrons. The zero-order valence-corrected chi connectivity index (χ0v) is 10.9. The lowest BCUT2D eigenvalue weighted by atomic mass is 9.81. The highest BCUT2D eigenvalue weighted by molar-refractivity contribution is 5.77. The average molecular weight is 268 g/mol. The molecule has 7 nitrogen and oxygen atoms in total. The van der Waals surface area contributed by atoms with Gasteiger partial charge in [0.25, 0.3) is 0 Å². The van der Waals surface area contributed by atoms with Crippen molar-refractivity contribution in [2.24, 2.45) is 11.1 Å².